The molecule has 0 aliphatic carbocycles. The first-order chi connectivity index (χ1) is 7.40. The van der Waals surface area contributed by atoms with Crippen LogP contribution in [0.1, 0.15) is 0 Å². The van der Waals surface area contributed by atoms with E-state index in [1.807, 2.05) is 0 Å². The second-order valence-electron chi connectivity index (χ2n) is 3.64. The van der Waals surface area contributed by atoms with Crippen LogP contribution in [0.15, 0.2) is 11.9 Å². The van der Waals surface area contributed by atoms with E-state index in [9.17, 15) is 9.59 Å². The number of hydrogen-bond donors (Lipinski definition) is 4. The summed E-state index contributed by atoms with van der Waals surface area (Å²) < 4.78 is 0. The molecule has 8 nitrogen and oxygen atoms in total. The highest BCUT2D eigenvalue weighted by molar-refractivity contribution is 5.85. The predicted molar refractivity (Wildman–Crippen MR) is 53.9 cm³/mol. The van der Waals surface area contributed by atoms with Crippen molar-refractivity contribution in [2.45, 2.75) is 0 Å². The fourth-order valence-corrected chi connectivity index (χ4v) is 1.43. The number of nitrogens with two attached hydrogens (primary N) is 2. The van der Waals surface area contributed by atoms with E-state index < -0.39 is 12.1 Å². The van der Waals surface area contributed by atoms with Gasteiger partial charge in [0.1, 0.15) is 5.70 Å². The summed E-state index contributed by atoms with van der Waals surface area (Å²) >= 11 is 0. The largest absolute Gasteiger partial charge is 0.477 e. The van der Waals surface area contributed by atoms with E-state index in [1.165, 1.54) is 4.90 Å². The van der Waals surface area contributed by atoms with Gasteiger partial charge < -0.3 is 25.9 Å². The standard InChI is InChI=1S/C8H14N4O4/c9-6(7(13)14)4-12(10)3-5-1-11(2-5)8(15)16/h4-5H,1-3,9-10H2,(H,13,14)(H,15,16)/b6-4-. The molecule has 0 aromatic rings. The highest BCUT2D eigenvalue weighted by atomic mass is 16.4. The van der Waals surface area contributed by atoms with Gasteiger partial charge in [0.15, 0.2) is 0 Å². The molecule has 1 rings (SSSR count). The summed E-state index contributed by atoms with van der Waals surface area (Å²) in [4.78, 5) is 22.1. The molecule has 1 fully saturated rings. The van der Waals surface area contributed by atoms with E-state index in [4.69, 9.17) is 21.8 Å². The number of hydrazine groups is 1. The SMILES string of the molecule is N/C(=C\N(N)CC1CN(C(=O)O)C1)C(=O)O. The summed E-state index contributed by atoms with van der Waals surface area (Å²) in [6.45, 7) is 1.19. The lowest BCUT2D eigenvalue weighted by Gasteiger charge is -2.38. The van der Waals surface area contributed by atoms with Crippen LogP contribution in [0.4, 0.5) is 4.79 Å². The second kappa shape index (κ2) is 4.71. The van der Waals surface area contributed by atoms with Crippen molar-refractivity contribution in [2.24, 2.45) is 17.5 Å². The average molecular weight is 230 g/mol. The van der Waals surface area contributed by atoms with Crippen LogP contribution in [0.5, 0.6) is 0 Å². The Morgan fingerprint density at radius 2 is 2.00 bits per heavy atom. The van der Waals surface area contributed by atoms with Gasteiger partial charge in [0.2, 0.25) is 0 Å². The Bertz CT molecular complexity index is 324. The van der Waals surface area contributed by atoms with E-state index in [1.54, 1.807) is 0 Å². The average Bonchev–Trinajstić information content (AvgIpc) is 2.09. The molecule has 0 aromatic carbocycles. The van der Waals surface area contributed by atoms with Gasteiger partial charge in [-0.3, -0.25) is 0 Å². The van der Waals surface area contributed by atoms with Crippen molar-refractivity contribution in [2.75, 3.05) is 19.6 Å². The van der Waals surface area contributed by atoms with Crippen molar-refractivity contribution < 1.29 is 19.8 Å². The first kappa shape index (κ1) is 12.1. The van der Waals surface area contributed by atoms with E-state index in [2.05, 4.69) is 0 Å². The number of hydrogen-bond acceptors (Lipinski definition) is 5. The van der Waals surface area contributed by atoms with E-state index >= 15 is 0 Å². The third-order valence-electron chi connectivity index (χ3n) is 2.25. The Labute approximate surface area is 91.7 Å². The number of nitrogens with zero attached hydrogens (tertiary/aromatic N) is 2. The lowest BCUT2D eigenvalue weighted by molar-refractivity contribution is -0.132. The predicted octanol–water partition coefficient (Wildman–Crippen LogP) is -1.34. The van der Waals surface area contributed by atoms with E-state index in [-0.39, 0.29) is 11.6 Å². The van der Waals surface area contributed by atoms with Crippen molar-refractivity contribution in [3.8, 4) is 0 Å². The molecule has 6 N–H and O–H groups in total. The molecule has 90 valence electrons. The number of carboxylic acid groups (broad SMARTS) is 2. The molecule has 16 heavy (non-hydrogen) atoms. The fraction of sp³-hybridized carbons (Fsp3) is 0.500. The van der Waals surface area contributed by atoms with Gasteiger partial charge in [0.05, 0.1) is 0 Å². The summed E-state index contributed by atoms with van der Waals surface area (Å²) in [5, 5.41) is 18.2. The summed E-state index contributed by atoms with van der Waals surface area (Å²) in [6, 6.07) is 0. The van der Waals surface area contributed by atoms with Crippen molar-refractivity contribution in [1.82, 2.24) is 9.91 Å². The number of aliphatic carboxylic acids is 1. The molecule has 0 radical (unpaired) electrons. The summed E-state index contributed by atoms with van der Waals surface area (Å²) in [7, 11) is 0. The molecular weight excluding hydrogens is 216 g/mol. The van der Waals surface area contributed by atoms with E-state index in [0.29, 0.717) is 19.6 Å². The van der Waals surface area contributed by atoms with Gasteiger partial charge in [0, 0.05) is 31.8 Å². The molecule has 0 saturated carbocycles. The molecular formula is C8H14N4O4. The molecule has 0 aromatic heterocycles. The number of carbonyl (C=O) groups is 2. The monoisotopic (exact) mass is 230 g/mol. The van der Waals surface area contributed by atoms with E-state index in [0.717, 1.165) is 11.2 Å². The summed E-state index contributed by atoms with van der Waals surface area (Å²) in [5.74, 6) is 4.36. The number of amides is 1. The highest BCUT2D eigenvalue weighted by Crippen LogP contribution is 2.15. The van der Waals surface area contributed by atoms with Crippen molar-refractivity contribution >= 4 is 12.1 Å². The smallest absolute Gasteiger partial charge is 0.407 e. The van der Waals surface area contributed by atoms with Gasteiger partial charge in [-0.05, 0) is 0 Å². The molecule has 0 unspecified atom stereocenters. The molecule has 0 bridgehead atoms. The quantitative estimate of drug-likeness (QED) is 0.267. The lowest BCUT2D eigenvalue weighted by atomic mass is 10.0. The molecule has 1 saturated heterocycles. The normalized spacial score (nSPS) is 16.8. The van der Waals surface area contributed by atoms with Gasteiger partial charge >= 0.3 is 12.1 Å². The number of likely N-dealkylation sites (tertiary alicyclic amines) is 1. The zero-order valence-corrected chi connectivity index (χ0v) is 8.54. The number of rotatable bonds is 4. The van der Waals surface area contributed by atoms with Crippen LogP contribution in [0.2, 0.25) is 0 Å². The van der Waals surface area contributed by atoms with Gasteiger partial charge in [-0.1, -0.05) is 0 Å². The minimum Gasteiger partial charge on any atom is -0.477 e. The maximum absolute atomic E-state index is 10.5. The maximum atomic E-state index is 10.5. The molecule has 0 atom stereocenters. The van der Waals surface area contributed by atoms with Gasteiger partial charge in [-0.2, -0.15) is 0 Å². The topological polar surface area (TPSA) is 133 Å². The molecule has 8 heteroatoms. The molecule has 0 spiro atoms. The fourth-order valence-electron chi connectivity index (χ4n) is 1.43. The van der Waals surface area contributed by atoms with Gasteiger partial charge in [0.25, 0.3) is 0 Å². The lowest BCUT2D eigenvalue weighted by Crippen LogP contribution is -2.53. The molecule has 1 amide bonds. The van der Waals surface area contributed by atoms with Crippen LogP contribution < -0.4 is 11.6 Å². The van der Waals surface area contributed by atoms with Crippen LogP contribution in [-0.4, -0.2) is 51.8 Å². The summed E-state index contributed by atoms with van der Waals surface area (Å²) in [6.07, 6.45) is 0.159. The van der Waals surface area contributed by atoms with Crippen LogP contribution in [0.3, 0.4) is 0 Å². The molecule has 1 heterocycles. The van der Waals surface area contributed by atoms with Gasteiger partial charge in [-0.15, -0.1) is 0 Å². The van der Waals surface area contributed by atoms with Crippen molar-refractivity contribution in [3.63, 3.8) is 0 Å². The second-order valence-corrected chi connectivity index (χ2v) is 3.64. The van der Waals surface area contributed by atoms with Crippen LogP contribution >= 0.6 is 0 Å². The zero-order chi connectivity index (χ0) is 12.3. The zero-order valence-electron chi connectivity index (χ0n) is 8.54. The Morgan fingerprint density at radius 3 is 2.44 bits per heavy atom. The van der Waals surface area contributed by atoms with Gasteiger partial charge in [-0.25, -0.2) is 15.4 Å². The van der Waals surface area contributed by atoms with Crippen molar-refractivity contribution in [1.29, 1.82) is 0 Å². The third-order valence-corrected chi connectivity index (χ3v) is 2.25. The van der Waals surface area contributed by atoms with Crippen molar-refractivity contribution in [3.05, 3.63) is 11.9 Å². The number of carboxylic acids is 1. The first-order valence-corrected chi connectivity index (χ1v) is 4.60. The minimum absolute atomic E-state index is 0.110. The summed E-state index contributed by atoms with van der Waals surface area (Å²) in [5.41, 5.74) is 4.81. The van der Waals surface area contributed by atoms with Crippen LogP contribution in [0.25, 0.3) is 0 Å². The Balaban J connectivity index is 2.32. The Morgan fingerprint density at radius 1 is 1.44 bits per heavy atom. The van der Waals surface area contributed by atoms with Crippen LogP contribution in [0, 0.1) is 5.92 Å². The first-order valence-electron chi connectivity index (χ1n) is 4.60. The maximum Gasteiger partial charge on any atom is 0.407 e. The third kappa shape index (κ3) is 3.02. The highest BCUT2D eigenvalue weighted by Gasteiger charge is 2.30. The molecule has 1 aliphatic rings. The molecule has 1 aliphatic heterocycles. The Kier molecular flexibility index (Phi) is 3.56. The minimum atomic E-state index is -1.24. The Hall–Kier alpha value is -1.96. The van der Waals surface area contributed by atoms with Crippen LogP contribution in [-0.2, 0) is 4.79 Å².